The van der Waals surface area contributed by atoms with Gasteiger partial charge >= 0.3 is 0 Å². The quantitative estimate of drug-likeness (QED) is 0.698. The molecular weight excluding hydrogens is 238 g/mol. The lowest BCUT2D eigenvalue weighted by molar-refractivity contribution is 0.143. The van der Waals surface area contributed by atoms with E-state index in [4.69, 9.17) is 0 Å². The molecule has 0 fully saturated rings. The van der Waals surface area contributed by atoms with E-state index < -0.39 is 6.43 Å². The number of nitrogens with zero attached hydrogens (tertiary/aromatic N) is 4. The van der Waals surface area contributed by atoms with Crippen molar-refractivity contribution in [2.45, 2.75) is 6.43 Å². The zero-order valence-corrected chi connectivity index (χ0v) is 9.16. The van der Waals surface area contributed by atoms with Gasteiger partial charge in [0.15, 0.2) is 0 Å². The van der Waals surface area contributed by atoms with Crippen LogP contribution in [0.4, 0.5) is 8.78 Å². The molecule has 0 amide bonds. The molecule has 2 heterocycles. The molecule has 0 spiro atoms. The highest BCUT2D eigenvalue weighted by Crippen LogP contribution is 2.24. The Morgan fingerprint density at radius 1 is 1.11 bits per heavy atom. The second-order valence-electron chi connectivity index (χ2n) is 3.70. The smallest absolute Gasteiger partial charge is 0.211 e. The molecule has 0 atom stereocenters. The standard InChI is InChI=1S/C12H8F2N4/c13-11(14)10-6-9(8-4-2-1-3-5-8)17-12-15-7-16-18(10)12/h1-7,11H. The van der Waals surface area contributed by atoms with E-state index in [2.05, 4.69) is 15.1 Å². The van der Waals surface area contributed by atoms with Crippen LogP contribution in [0.2, 0.25) is 0 Å². The topological polar surface area (TPSA) is 43.1 Å². The normalized spacial score (nSPS) is 11.3. The fourth-order valence-corrected chi connectivity index (χ4v) is 1.75. The summed E-state index contributed by atoms with van der Waals surface area (Å²) in [4.78, 5) is 8.06. The zero-order valence-electron chi connectivity index (χ0n) is 9.16. The van der Waals surface area contributed by atoms with Crippen LogP contribution >= 0.6 is 0 Å². The maximum atomic E-state index is 13.0. The highest BCUT2D eigenvalue weighted by Gasteiger charge is 2.16. The molecule has 6 heteroatoms. The third-order valence-electron chi connectivity index (χ3n) is 2.57. The molecule has 0 saturated heterocycles. The van der Waals surface area contributed by atoms with E-state index in [-0.39, 0.29) is 11.5 Å². The molecule has 0 aliphatic carbocycles. The lowest BCUT2D eigenvalue weighted by atomic mass is 10.1. The Hall–Kier alpha value is -2.37. The molecule has 0 unspecified atom stereocenters. The molecule has 0 radical (unpaired) electrons. The maximum absolute atomic E-state index is 13.0. The number of alkyl halides is 2. The summed E-state index contributed by atoms with van der Waals surface area (Å²) >= 11 is 0. The predicted octanol–water partition coefficient (Wildman–Crippen LogP) is 2.73. The molecule has 1 aromatic carbocycles. The first kappa shape index (κ1) is 10.8. The van der Waals surface area contributed by atoms with E-state index in [9.17, 15) is 8.78 Å². The Morgan fingerprint density at radius 3 is 2.61 bits per heavy atom. The van der Waals surface area contributed by atoms with Gasteiger partial charge in [-0.25, -0.2) is 13.8 Å². The zero-order chi connectivity index (χ0) is 12.5. The van der Waals surface area contributed by atoms with E-state index in [0.29, 0.717) is 5.69 Å². The molecule has 0 aliphatic heterocycles. The number of benzene rings is 1. The van der Waals surface area contributed by atoms with Gasteiger partial charge in [-0.05, 0) is 6.07 Å². The van der Waals surface area contributed by atoms with Crippen molar-refractivity contribution >= 4 is 5.78 Å². The first-order chi connectivity index (χ1) is 8.75. The Bertz CT molecular complexity index is 679. The fourth-order valence-electron chi connectivity index (χ4n) is 1.75. The molecule has 3 rings (SSSR count). The van der Waals surface area contributed by atoms with Crippen molar-refractivity contribution in [3.63, 3.8) is 0 Å². The summed E-state index contributed by atoms with van der Waals surface area (Å²) in [5.74, 6) is 0.173. The van der Waals surface area contributed by atoms with E-state index in [1.165, 1.54) is 12.4 Å². The number of hydrogen-bond donors (Lipinski definition) is 0. The summed E-state index contributed by atoms with van der Waals surface area (Å²) in [7, 11) is 0. The van der Waals surface area contributed by atoms with Crippen molar-refractivity contribution in [1.29, 1.82) is 0 Å². The maximum Gasteiger partial charge on any atom is 0.280 e. The molecule has 90 valence electrons. The highest BCUT2D eigenvalue weighted by atomic mass is 19.3. The third-order valence-corrected chi connectivity index (χ3v) is 2.57. The van der Waals surface area contributed by atoms with Gasteiger partial charge in [0, 0.05) is 5.56 Å². The summed E-state index contributed by atoms with van der Waals surface area (Å²) in [6.45, 7) is 0. The summed E-state index contributed by atoms with van der Waals surface area (Å²) in [6, 6.07) is 10.5. The average molecular weight is 246 g/mol. The van der Waals surface area contributed by atoms with E-state index >= 15 is 0 Å². The Morgan fingerprint density at radius 2 is 1.89 bits per heavy atom. The average Bonchev–Trinajstić information content (AvgIpc) is 2.86. The van der Waals surface area contributed by atoms with Crippen molar-refractivity contribution in [1.82, 2.24) is 19.6 Å². The molecule has 0 saturated carbocycles. The van der Waals surface area contributed by atoms with E-state index in [1.54, 1.807) is 0 Å². The van der Waals surface area contributed by atoms with Gasteiger partial charge < -0.3 is 0 Å². The molecule has 0 bridgehead atoms. The van der Waals surface area contributed by atoms with Gasteiger partial charge in [-0.2, -0.15) is 14.6 Å². The Balaban J connectivity index is 2.25. The minimum Gasteiger partial charge on any atom is -0.211 e. The van der Waals surface area contributed by atoms with Gasteiger partial charge in [-0.15, -0.1) is 0 Å². The summed E-state index contributed by atoms with van der Waals surface area (Å²) in [6.07, 6.45) is -1.41. The minimum atomic E-state index is -2.63. The molecule has 3 aromatic rings. The van der Waals surface area contributed by atoms with Crippen LogP contribution in [0.5, 0.6) is 0 Å². The van der Waals surface area contributed by atoms with Crippen LogP contribution in [0, 0.1) is 0 Å². The van der Waals surface area contributed by atoms with Crippen molar-refractivity contribution in [2.75, 3.05) is 0 Å². The molecule has 2 aromatic heterocycles. The molecule has 0 N–H and O–H groups in total. The van der Waals surface area contributed by atoms with Crippen LogP contribution in [-0.4, -0.2) is 19.6 Å². The number of halogens is 2. The van der Waals surface area contributed by atoms with Crippen LogP contribution in [0.15, 0.2) is 42.7 Å². The van der Waals surface area contributed by atoms with Gasteiger partial charge in [-0.1, -0.05) is 30.3 Å². The molecule has 4 nitrogen and oxygen atoms in total. The number of rotatable bonds is 2. The van der Waals surface area contributed by atoms with Gasteiger partial charge in [0.2, 0.25) is 0 Å². The molecule has 0 aliphatic rings. The summed E-state index contributed by atoms with van der Waals surface area (Å²) < 4.78 is 27.0. The first-order valence-electron chi connectivity index (χ1n) is 5.30. The van der Waals surface area contributed by atoms with Crippen LogP contribution in [0.3, 0.4) is 0 Å². The van der Waals surface area contributed by atoms with Gasteiger partial charge in [0.1, 0.15) is 12.0 Å². The van der Waals surface area contributed by atoms with Crippen LogP contribution in [0.25, 0.3) is 17.0 Å². The summed E-state index contributed by atoms with van der Waals surface area (Å²) in [5, 5.41) is 3.74. The largest absolute Gasteiger partial charge is 0.280 e. The van der Waals surface area contributed by atoms with Crippen molar-refractivity contribution in [2.24, 2.45) is 0 Å². The second-order valence-corrected chi connectivity index (χ2v) is 3.70. The van der Waals surface area contributed by atoms with Crippen LogP contribution < -0.4 is 0 Å². The Kier molecular flexibility index (Phi) is 2.47. The number of fused-ring (bicyclic) bond motifs is 1. The summed E-state index contributed by atoms with van der Waals surface area (Å²) in [5.41, 5.74) is 1.02. The van der Waals surface area contributed by atoms with Gasteiger partial charge in [0.05, 0.1) is 5.69 Å². The monoisotopic (exact) mass is 246 g/mol. The minimum absolute atomic E-state index is 0.173. The molecular formula is C12H8F2N4. The van der Waals surface area contributed by atoms with E-state index in [0.717, 1.165) is 10.1 Å². The lowest BCUT2D eigenvalue weighted by Gasteiger charge is -2.06. The van der Waals surface area contributed by atoms with Crippen molar-refractivity contribution in [3.8, 4) is 11.3 Å². The Labute approximate surface area is 101 Å². The van der Waals surface area contributed by atoms with Crippen LogP contribution in [0.1, 0.15) is 12.1 Å². The molecule has 18 heavy (non-hydrogen) atoms. The SMILES string of the molecule is FC(F)c1cc(-c2ccccc2)nc2ncnn12. The van der Waals surface area contributed by atoms with E-state index in [1.807, 2.05) is 30.3 Å². The van der Waals surface area contributed by atoms with Crippen LogP contribution in [-0.2, 0) is 0 Å². The predicted molar refractivity (Wildman–Crippen MR) is 61.2 cm³/mol. The second kappa shape index (κ2) is 4.14. The lowest BCUT2D eigenvalue weighted by Crippen LogP contribution is -2.02. The fraction of sp³-hybridized carbons (Fsp3) is 0.0833. The van der Waals surface area contributed by atoms with Gasteiger partial charge in [-0.3, -0.25) is 0 Å². The van der Waals surface area contributed by atoms with Gasteiger partial charge in [0.25, 0.3) is 12.2 Å². The first-order valence-corrected chi connectivity index (χ1v) is 5.30. The third kappa shape index (κ3) is 1.71. The number of aromatic nitrogens is 4. The van der Waals surface area contributed by atoms with Crippen molar-refractivity contribution < 1.29 is 8.78 Å². The highest BCUT2D eigenvalue weighted by molar-refractivity contribution is 5.61. The van der Waals surface area contributed by atoms with Crippen molar-refractivity contribution in [3.05, 3.63) is 48.4 Å². The number of hydrogen-bond acceptors (Lipinski definition) is 3.